The quantitative estimate of drug-likeness (QED) is 0.470. The van der Waals surface area contributed by atoms with Gasteiger partial charge in [-0.3, -0.25) is 0 Å². The average molecular weight is 388 g/mol. The van der Waals surface area contributed by atoms with E-state index in [1.165, 1.54) is 12.1 Å². The Morgan fingerprint density at radius 1 is 1.04 bits per heavy atom. The summed E-state index contributed by atoms with van der Waals surface area (Å²) in [6.45, 7) is 5.42. The van der Waals surface area contributed by atoms with Gasteiger partial charge in [-0.25, -0.2) is 8.78 Å². The van der Waals surface area contributed by atoms with Crippen LogP contribution in [0.2, 0.25) is 0 Å². The zero-order valence-corrected chi connectivity index (χ0v) is 16.3. The molecular formula is C24H27F3O. The molecule has 0 unspecified atom stereocenters. The first-order valence-electron chi connectivity index (χ1n) is 9.96. The maximum absolute atomic E-state index is 14.5. The Morgan fingerprint density at radius 2 is 1.79 bits per heavy atom. The topological polar surface area (TPSA) is 9.23 Å². The molecule has 0 aromatic heterocycles. The van der Waals surface area contributed by atoms with Gasteiger partial charge in [0, 0.05) is 0 Å². The fraction of sp³-hybridized carbons (Fsp3) is 0.417. The summed E-state index contributed by atoms with van der Waals surface area (Å²) < 4.78 is 47.5. The first kappa shape index (κ1) is 20.5. The number of aryl methyl sites for hydroxylation is 2. The van der Waals surface area contributed by atoms with E-state index < -0.39 is 11.6 Å². The van der Waals surface area contributed by atoms with Gasteiger partial charge in [0.15, 0.2) is 11.6 Å². The van der Waals surface area contributed by atoms with Gasteiger partial charge in [-0.15, -0.1) is 0 Å². The molecule has 0 atom stereocenters. The Bertz CT molecular complexity index is 823. The molecule has 0 heterocycles. The second kappa shape index (κ2) is 9.31. The third kappa shape index (κ3) is 4.78. The van der Waals surface area contributed by atoms with Crippen molar-refractivity contribution >= 4 is 0 Å². The Labute approximate surface area is 165 Å². The summed E-state index contributed by atoms with van der Waals surface area (Å²) >= 11 is 0. The minimum atomic E-state index is -0.914. The van der Waals surface area contributed by atoms with Crippen molar-refractivity contribution in [3.8, 4) is 5.75 Å². The van der Waals surface area contributed by atoms with Crippen LogP contribution < -0.4 is 4.74 Å². The predicted octanol–water partition coefficient (Wildman–Crippen LogP) is 6.88. The van der Waals surface area contributed by atoms with Crippen LogP contribution in [0.15, 0.2) is 43.0 Å². The second-order valence-corrected chi connectivity index (χ2v) is 7.72. The summed E-state index contributed by atoms with van der Waals surface area (Å²) in [5, 5.41) is 0. The van der Waals surface area contributed by atoms with Crippen molar-refractivity contribution in [2.24, 2.45) is 5.92 Å². The molecule has 1 saturated carbocycles. The van der Waals surface area contributed by atoms with Gasteiger partial charge in [-0.05, 0) is 86.1 Å². The van der Waals surface area contributed by atoms with Gasteiger partial charge in [-0.1, -0.05) is 30.9 Å². The molecule has 3 rings (SSSR count). The highest BCUT2D eigenvalue weighted by molar-refractivity contribution is 5.33. The van der Waals surface area contributed by atoms with Gasteiger partial charge in [-0.2, -0.15) is 4.39 Å². The Balaban J connectivity index is 1.55. The number of ether oxygens (including phenoxy) is 1. The standard InChI is InChI=1S/C24H27F3O/c1-3-14-28-22-13-12-20(23(26)24(22)27)19-10-8-17(9-11-19)6-7-18-5-4-16(2)21(25)15-18/h3-5,12-13,15,17,19H,1,6-11,14H2,2H3. The van der Waals surface area contributed by atoms with Crippen molar-refractivity contribution in [1.82, 2.24) is 0 Å². The summed E-state index contributed by atoms with van der Waals surface area (Å²) in [5.41, 5.74) is 2.13. The van der Waals surface area contributed by atoms with Gasteiger partial charge in [0.05, 0.1) is 0 Å². The normalized spacial score (nSPS) is 19.4. The first-order valence-corrected chi connectivity index (χ1v) is 9.96. The van der Waals surface area contributed by atoms with Gasteiger partial charge in [0.2, 0.25) is 5.82 Å². The maximum Gasteiger partial charge on any atom is 0.200 e. The van der Waals surface area contributed by atoms with Crippen LogP contribution in [-0.4, -0.2) is 6.61 Å². The summed E-state index contributed by atoms with van der Waals surface area (Å²) in [6, 6.07) is 8.58. The minimum Gasteiger partial charge on any atom is -0.486 e. The van der Waals surface area contributed by atoms with Crippen LogP contribution in [0.25, 0.3) is 0 Å². The lowest BCUT2D eigenvalue weighted by Crippen LogP contribution is -2.15. The molecule has 0 amide bonds. The van der Waals surface area contributed by atoms with Crippen LogP contribution in [0.5, 0.6) is 5.75 Å². The van der Waals surface area contributed by atoms with Gasteiger partial charge >= 0.3 is 0 Å². The third-order valence-electron chi connectivity index (χ3n) is 5.80. The van der Waals surface area contributed by atoms with Crippen molar-refractivity contribution in [3.63, 3.8) is 0 Å². The highest BCUT2D eigenvalue weighted by Crippen LogP contribution is 2.40. The predicted molar refractivity (Wildman–Crippen MR) is 106 cm³/mol. The molecule has 0 saturated heterocycles. The minimum absolute atomic E-state index is 0.0380. The van der Waals surface area contributed by atoms with E-state index in [2.05, 4.69) is 6.58 Å². The first-order chi connectivity index (χ1) is 13.5. The molecule has 0 bridgehead atoms. The number of benzene rings is 2. The van der Waals surface area contributed by atoms with Crippen molar-refractivity contribution in [2.45, 2.75) is 51.4 Å². The fourth-order valence-corrected chi connectivity index (χ4v) is 4.05. The molecule has 1 aliphatic carbocycles. The van der Waals surface area contributed by atoms with E-state index in [0.717, 1.165) is 44.1 Å². The van der Waals surface area contributed by atoms with Crippen LogP contribution in [0.1, 0.15) is 54.7 Å². The lowest BCUT2D eigenvalue weighted by atomic mass is 9.76. The largest absolute Gasteiger partial charge is 0.486 e. The molecule has 28 heavy (non-hydrogen) atoms. The van der Waals surface area contributed by atoms with E-state index in [-0.39, 0.29) is 24.1 Å². The summed E-state index contributed by atoms with van der Waals surface area (Å²) in [6.07, 6.45) is 7.00. The highest BCUT2D eigenvalue weighted by atomic mass is 19.2. The zero-order valence-electron chi connectivity index (χ0n) is 16.3. The zero-order chi connectivity index (χ0) is 20.1. The molecule has 1 fully saturated rings. The van der Waals surface area contributed by atoms with Gasteiger partial charge in [0.25, 0.3) is 0 Å². The Kier molecular flexibility index (Phi) is 6.82. The van der Waals surface area contributed by atoms with E-state index in [0.29, 0.717) is 17.0 Å². The molecule has 1 nitrogen and oxygen atoms in total. The molecule has 0 aliphatic heterocycles. The van der Waals surface area contributed by atoms with Gasteiger partial charge in [0.1, 0.15) is 12.4 Å². The van der Waals surface area contributed by atoms with E-state index in [1.807, 2.05) is 12.1 Å². The number of hydrogen-bond donors (Lipinski definition) is 0. The van der Waals surface area contributed by atoms with E-state index in [4.69, 9.17) is 4.74 Å². The van der Waals surface area contributed by atoms with E-state index in [9.17, 15) is 13.2 Å². The maximum atomic E-state index is 14.5. The van der Waals surface area contributed by atoms with Crippen LogP contribution in [0, 0.1) is 30.3 Å². The van der Waals surface area contributed by atoms with Crippen LogP contribution >= 0.6 is 0 Å². The van der Waals surface area contributed by atoms with Crippen molar-refractivity contribution in [3.05, 3.63) is 77.1 Å². The van der Waals surface area contributed by atoms with Crippen molar-refractivity contribution in [1.29, 1.82) is 0 Å². The summed E-state index contributed by atoms with van der Waals surface area (Å²) in [5.74, 6) is -1.35. The molecular weight excluding hydrogens is 361 g/mol. The number of hydrogen-bond acceptors (Lipinski definition) is 1. The molecule has 0 radical (unpaired) electrons. The van der Waals surface area contributed by atoms with Crippen molar-refractivity contribution < 1.29 is 17.9 Å². The summed E-state index contributed by atoms with van der Waals surface area (Å²) in [7, 11) is 0. The summed E-state index contributed by atoms with van der Waals surface area (Å²) in [4.78, 5) is 0. The van der Waals surface area contributed by atoms with E-state index in [1.54, 1.807) is 19.1 Å². The van der Waals surface area contributed by atoms with Crippen LogP contribution in [-0.2, 0) is 6.42 Å². The highest BCUT2D eigenvalue weighted by Gasteiger charge is 2.26. The Hall–Kier alpha value is -2.23. The lowest BCUT2D eigenvalue weighted by Gasteiger charge is -2.29. The van der Waals surface area contributed by atoms with Crippen molar-refractivity contribution in [2.75, 3.05) is 6.61 Å². The number of rotatable bonds is 7. The molecule has 4 heteroatoms. The molecule has 150 valence electrons. The second-order valence-electron chi connectivity index (χ2n) is 7.72. The lowest BCUT2D eigenvalue weighted by molar-refractivity contribution is 0.300. The molecule has 2 aromatic rings. The monoisotopic (exact) mass is 388 g/mol. The fourth-order valence-electron chi connectivity index (χ4n) is 4.05. The van der Waals surface area contributed by atoms with Gasteiger partial charge < -0.3 is 4.74 Å². The SMILES string of the molecule is C=CCOc1ccc(C2CCC(CCc3ccc(C)c(F)c3)CC2)c(F)c1F. The third-order valence-corrected chi connectivity index (χ3v) is 5.80. The molecule has 0 N–H and O–H groups in total. The average Bonchev–Trinajstić information content (AvgIpc) is 2.70. The molecule has 2 aromatic carbocycles. The van der Waals surface area contributed by atoms with Crippen LogP contribution in [0.3, 0.4) is 0 Å². The van der Waals surface area contributed by atoms with Crippen LogP contribution in [0.4, 0.5) is 13.2 Å². The molecule has 0 spiro atoms. The Morgan fingerprint density at radius 3 is 2.46 bits per heavy atom. The number of halogens is 3. The van der Waals surface area contributed by atoms with E-state index >= 15 is 0 Å². The molecule has 1 aliphatic rings. The smallest absolute Gasteiger partial charge is 0.200 e.